The lowest BCUT2D eigenvalue weighted by Crippen LogP contribution is -1.98. The number of rotatable bonds is 3. The highest BCUT2D eigenvalue weighted by Crippen LogP contribution is 2.25. The summed E-state index contributed by atoms with van der Waals surface area (Å²) in [6.45, 7) is 1.34. The van der Waals surface area contributed by atoms with Crippen LogP contribution in [0.2, 0.25) is 5.02 Å². The van der Waals surface area contributed by atoms with E-state index < -0.39 is 0 Å². The maximum atomic E-state index is 6.12. The van der Waals surface area contributed by atoms with E-state index >= 15 is 0 Å². The first kappa shape index (κ1) is 13.7. The maximum Gasteiger partial charge on any atom is 0.0501 e. The number of fused-ring (bicyclic) bond motifs is 1. The average Bonchev–Trinajstić information content (AvgIpc) is 2.79. The third-order valence-corrected chi connectivity index (χ3v) is 4.18. The SMILES string of the molecule is NCc1cn(Cc2ccc(Br)cc2)c2cc(Cl)ccc12. The van der Waals surface area contributed by atoms with Crippen molar-refractivity contribution in [3.63, 3.8) is 0 Å². The monoisotopic (exact) mass is 348 g/mol. The molecule has 0 saturated carbocycles. The highest BCUT2D eigenvalue weighted by molar-refractivity contribution is 9.10. The van der Waals surface area contributed by atoms with Crippen molar-refractivity contribution in [3.8, 4) is 0 Å². The Balaban J connectivity index is 2.06. The summed E-state index contributed by atoms with van der Waals surface area (Å²) < 4.78 is 3.29. The van der Waals surface area contributed by atoms with Gasteiger partial charge in [0.1, 0.15) is 0 Å². The van der Waals surface area contributed by atoms with Crippen molar-refractivity contribution in [3.05, 3.63) is 69.3 Å². The summed E-state index contributed by atoms with van der Waals surface area (Å²) in [5.41, 5.74) is 9.34. The third-order valence-electron chi connectivity index (χ3n) is 3.41. The Morgan fingerprint density at radius 2 is 1.85 bits per heavy atom. The van der Waals surface area contributed by atoms with Crippen LogP contribution in [0.15, 0.2) is 53.1 Å². The highest BCUT2D eigenvalue weighted by atomic mass is 79.9. The van der Waals surface area contributed by atoms with E-state index in [1.54, 1.807) is 0 Å². The van der Waals surface area contributed by atoms with Crippen molar-refractivity contribution >= 4 is 38.4 Å². The number of hydrogen-bond acceptors (Lipinski definition) is 1. The first-order valence-electron chi connectivity index (χ1n) is 6.39. The van der Waals surface area contributed by atoms with Crippen LogP contribution in [-0.4, -0.2) is 4.57 Å². The molecule has 0 amide bonds. The highest BCUT2D eigenvalue weighted by Gasteiger charge is 2.08. The minimum absolute atomic E-state index is 0.533. The van der Waals surface area contributed by atoms with E-state index in [9.17, 15) is 0 Å². The molecule has 20 heavy (non-hydrogen) atoms. The summed E-state index contributed by atoms with van der Waals surface area (Å²) in [5, 5.41) is 1.92. The molecule has 1 heterocycles. The molecule has 0 unspecified atom stereocenters. The largest absolute Gasteiger partial charge is 0.343 e. The summed E-state index contributed by atoms with van der Waals surface area (Å²) in [4.78, 5) is 0. The molecule has 0 aliphatic heterocycles. The molecule has 2 nitrogen and oxygen atoms in total. The van der Waals surface area contributed by atoms with E-state index in [2.05, 4.69) is 51.0 Å². The van der Waals surface area contributed by atoms with Gasteiger partial charge < -0.3 is 10.3 Å². The van der Waals surface area contributed by atoms with Crippen molar-refractivity contribution in [2.45, 2.75) is 13.1 Å². The Hall–Kier alpha value is -1.29. The van der Waals surface area contributed by atoms with E-state index in [4.69, 9.17) is 17.3 Å². The summed E-state index contributed by atoms with van der Waals surface area (Å²) in [7, 11) is 0. The second-order valence-corrected chi connectivity index (χ2v) is 6.13. The second kappa shape index (κ2) is 5.60. The van der Waals surface area contributed by atoms with Crippen LogP contribution in [-0.2, 0) is 13.1 Å². The molecule has 1 aromatic heterocycles. The van der Waals surface area contributed by atoms with Crippen LogP contribution in [0.3, 0.4) is 0 Å². The van der Waals surface area contributed by atoms with Crippen molar-refractivity contribution in [2.75, 3.05) is 0 Å². The molecule has 0 bridgehead atoms. The first-order chi connectivity index (χ1) is 9.67. The summed E-state index contributed by atoms with van der Waals surface area (Å²) in [6, 6.07) is 14.3. The molecule has 4 heteroatoms. The van der Waals surface area contributed by atoms with Crippen LogP contribution in [0, 0.1) is 0 Å². The fraction of sp³-hybridized carbons (Fsp3) is 0.125. The van der Waals surface area contributed by atoms with Crippen LogP contribution in [0.1, 0.15) is 11.1 Å². The van der Waals surface area contributed by atoms with Crippen LogP contribution in [0.25, 0.3) is 10.9 Å². The van der Waals surface area contributed by atoms with Gasteiger partial charge in [-0.1, -0.05) is 45.7 Å². The zero-order valence-corrected chi connectivity index (χ0v) is 13.2. The Bertz CT molecular complexity index is 747. The number of aromatic nitrogens is 1. The lowest BCUT2D eigenvalue weighted by atomic mass is 10.2. The fourth-order valence-electron chi connectivity index (χ4n) is 2.42. The normalized spacial score (nSPS) is 11.2. The van der Waals surface area contributed by atoms with Crippen LogP contribution in [0.5, 0.6) is 0 Å². The van der Waals surface area contributed by atoms with Crippen molar-refractivity contribution in [1.82, 2.24) is 4.57 Å². The Morgan fingerprint density at radius 1 is 1.10 bits per heavy atom. The molecule has 0 saturated heterocycles. The number of hydrogen-bond donors (Lipinski definition) is 1. The van der Waals surface area contributed by atoms with E-state index in [1.165, 1.54) is 10.9 Å². The van der Waals surface area contributed by atoms with Gasteiger partial charge in [0, 0.05) is 34.2 Å². The molecule has 0 aliphatic rings. The summed E-state index contributed by atoms with van der Waals surface area (Å²) in [6.07, 6.45) is 2.11. The van der Waals surface area contributed by atoms with E-state index in [-0.39, 0.29) is 0 Å². The van der Waals surface area contributed by atoms with Gasteiger partial charge in [-0.15, -0.1) is 0 Å². The van der Waals surface area contributed by atoms with Crippen LogP contribution in [0.4, 0.5) is 0 Å². The minimum atomic E-state index is 0.533. The number of benzene rings is 2. The number of nitrogens with zero attached hydrogens (tertiary/aromatic N) is 1. The quantitative estimate of drug-likeness (QED) is 0.738. The van der Waals surface area contributed by atoms with Gasteiger partial charge in [0.05, 0.1) is 5.52 Å². The predicted molar refractivity (Wildman–Crippen MR) is 88.1 cm³/mol. The molecule has 0 radical (unpaired) electrons. The van der Waals surface area contributed by atoms with Gasteiger partial charge >= 0.3 is 0 Å². The van der Waals surface area contributed by atoms with Gasteiger partial charge in [0.25, 0.3) is 0 Å². The molecule has 0 spiro atoms. The van der Waals surface area contributed by atoms with Gasteiger partial charge in [0.2, 0.25) is 0 Å². The molecule has 2 aromatic carbocycles. The van der Waals surface area contributed by atoms with Crippen molar-refractivity contribution in [2.24, 2.45) is 5.73 Å². The Labute approximate surface area is 131 Å². The van der Waals surface area contributed by atoms with Crippen LogP contribution < -0.4 is 5.73 Å². The molecule has 0 fully saturated rings. The molecule has 102 valence electrons. The minimum Gasteiger partial charge on any atom is -0.343 e. The lowest BCUT2D eigenvalue weighted by molar-refractivity contribution is 0.829. The standard InChI is InChI=1S/C16H14BrClN2/c17-13-3-1-11(2-4-13)9-20-10-12(8-19)15-6-5-14(18)7-16(15)20/h1-7,10H,8-9,19H2. The Morgan fingerprint density at radius 3 is 2.55 bits per heavy atom. The Kier molecular flexibility index (Phi) is 3.83. The zero-order valence-electron chi connectivity index (χ0n) is 10.8. The van der Waals surface area contributed by atoms with Gasteiger partial charge in [0.15, 0.2) is 0 Å². The van der Waals surface area contributed by atoms with Gasteiger partial charge in [-0.2, -0.15) is 0 Å². The second-order valence-electron chi connectivity index (χ2n) is 4.77. The topological polar surface area (TPSA) is 30.9 Å². The summed E-state index contributed by atoms with van der Waals surface area (Å²) >= 11 is 9.57. The molecule has 0 aliphatic carbocycles. The molecular formula is C16H14BrClN2. The third kappa shape index (κ3) is 2.62. The van der Waals surface area contributed by atoms with E-state index in [0.29, 0.717) is 6.54 Å². The van der Waals surface area contributed by atoms with E-state index in [0.717, 1.165) is 27.1 Å². The van der Waals surface area contributed by atoms with Gasteiger partial charge in [-0.25, -0.2) is 0 Å². The van der Waals surface area contributed by atoms with Gasteiger partial charge in [-0.3, -0.25) is 0 Å². The average molecular weight is 350 g/mol. The lowest BCUT2D eigenvalue weighted by Gasteiger charge is -2.06. The molecular weight excluding hydrogens is 336 g/mol. The number of halogens is 2. The predicted octanol–water partition coefficient (Wildman–Crippen LogP) is 4.56. The zero-order chi connectivity index (χ0) is 14.1. The molecule has 0 atom stereocenters. The first-order valence-corrected chi connectivity index (χ1v) is 7.56. The molecule has 3 rings (SSSR count). The number of nitrogens with two attached hydrogens (primary N) is 1. The van der Waals surface area contributed by atoms with Crippen molar-refractivity contribution in [1.29, 1.82) is 0 Å². The fourth-order valence-corrected chi connectivity index (χ4v) is 2.85. The molecule has 2 N–H and O–H groups in total. The summed E-state index contributed by atoms with van der Waals surface area (Å²) in [5.74, 6) is 0. The maximum absolute atomic E-state index is 6.12. The van der Waals surface area contributed by atoms with Gasteiger partial charge in [-0.05, 0) is 35.4 Å². The van der Waals surface area contributed by atoms with Crippen molar-refractivity contribution < 1.29 is 0 Å². The van der Waals surface area contributed by atoms with E-state index in [1.807, 2.05) is 18.2 Å². The van der Waals surface area contributed by atoms with Crippen LogP contribution >= 0.6 is 27.5 Å². The smallest absolute Gasteiger partial charge is 0.0501 e. The molecule has 3 aromatic rings.